The summed E-state index contributed by atoms with van der Waals surface area (Å²) < 4.78 is 22.3. The van der Waals surface area contributed by atoms with Gasteiger partial charge < -0.3 is 24.3 Å². The molecule has 0 aliphatic carbocycles. The summed E-state index contributed by atoms with van der Waals surface area (Å²) in [6, 6.07) is 13.3. The second kappa shape index (κ2) is 13.9. The van der Waals surface area contributed by atoms with E-state index in [2.05, 4.69) is 31.8 Å². The van der Waals surface area contributed by atoms with Gasteiger partial charge in [-0.05, 0) is 64.0 Å². The van der Waals surface area contributed by atoms with Crippen LogP contribution >= 0.6 is 39.1 Å². The molecule has 0 aliphatic heterocycles. The summed E-state index contributed by atoms with van der Waals surface area (Å²) in [5.41, 5.74) is 4.07. The van der Waals surface area contributed by atoms with E-state index in [1.54, 1.807) is 42.5 Å². The Hall–Kier alpha value is -3.47. The van der Waals surface area contributed by atoms with Crippen LogP contribution in [0.3, 0.4) is 0 Å². The van der Waals surface area contributed by atoms with E-state index < -0.39 is 11.8 Å². The third-order valence-electron chi connectivity index (χ3n) is 5.10. The van der Waals surface area contributed by atoms with Crippen LogP contribution in [0.2, 0.25) is 10.0 Å². The molecule has 38 heavy (non-hydrogen) atoms. The van der Waals surface area contributed by atoms with Gasteiger partial charge in [0.2, 0.25) is 0 Å². The van der Waals surface area contributed by atoms with Crippen LogP contribution < -0.4 is 29.7 Å². The third kappa shape index (κ3) is 7.77. The van der Waals surface area contributed by atoms with Gasteiger partial charge in [0.25, 0.3) is 11.8 Å². The van der Waals surface area contributed by atoms with Gasteiger partial charge in [-0.3, -0.25) is 9.59 Å². The highest BCUT2D eigenvalue weighted by Gasteiger charge is 2.14. The minimum Gasteiger partial charge on any atom is -0.493 e. The summed E-state index contributed by atoms with van der Waals surface area (Å²) in [6.07, 6.45) is 1.43. The van der Waals surface area contributed by atoms with Crippen molar-refractivity contribution in [1.82, 2.24) is 10.7 Å². The maximum Gasteiger partial charge on any atom is 0.259 e. The molecule has 3 aromatic rings. The van der Waals surface area contributed by atoms with Crippen LogP contribution in [0.1, 0.15) is 21.5 Å². The topological polar surface area (TPSA) is 107 Å². The van der Waals surface area contributed by atoms with E-state index in [0.717, 1.165) is 5.56 Å². The van der Waals surface area contributed by atoms with Crippen molar-refractivity contribution in [1.29, 1.82) is 0 Å². The number of nitrogens with one attached hydrogen (secondary N) is 2. The van der Waals surface area contributed by atoms with Crippen LogP contribution in [0.25, 0.3) is 0 Å². The van der Waals surface area contributed by atoms with E-state index in [1.807, 2.05) is 0 Å². The quantitative estimate of drug-likeness (QED) is 0.223. The molecule has 0 unspecified atom stereocenters. The van der Waals surface area contributed by atoms with Crippen LogP contribution in [0, 0.1) is 0 Å². The van der Waals surface area contributed by atoms with Crippen molar-refractivity contribution in [2.24, 2.45) is 5.10 Å². The van der Waals surface area contributed by atoms with E-state index in [-0.39, 0.29) is 13.2 Å². The van der Waals surface area contributed by atoms with Crippen molar-refractivity contribution in [2.45, 2.75) is 6.61 Å². The second-order valence-corrected chi connectivity index (χ2v) is 9.30. The number of hydrazone groups is 1. The molecule has 0 aliphatic rings. The van der Waals surface area contributed by atoms with Crippen molar-refractivity contribution < 1.29 is 28.5 Å². The standard InChI is InChI=1S/C26H24BrCl2N3O6/c1-35-21-7-5-16(10-22(21)36-2)26(34)30-13-24(33)32-31-12-15-8-19(27)25(23(9-15)37-3)38-14-17-4-6-18(28)11-20(17)29/h4-12H,13-14H2,1-3H3,(H,30,34)(H,32,33). The molecule has 0 bridgehead atoms. The van der Waals surface area contributed by atoms with Crippen LogP contribution in [0.5, 0.6) is 23.0 Å². The predicted octanol–water partition coefficient (Wildman–Crippen LogP) is 5.24. The number of rotatable bonds is 11. The lowest BCUT2D eigenvalue weighted by atomic mass is 10.2. The van der Waals surface area contributed by atoms with Crippen molar-refractivity contribution in [3.63, 3.8) is 0 Å². The van der Waals surface area contributed by atoms with Crippen molar-refractivity contribution in [2.75, 3.05) is 27.9 Å². The highest BCUT2D eigenvalue weighted by atomic mass is 79.9. The van der Waals surface area contributed by atoms with E-state index in [0.29, 0.717) is 48.6 Å². The van der Waals surface area contributed by atoms with Crippen LogP contribution in [-0.2, 0) is 11.4 Å². The first kappa shape index (κ1) is 29.1. The summed E-state index contributed by atoms with van der Waals surface area (Å²) in [6.45, 7) is -0.0823. The molecule has 0 aromatic heterocycles. The predicted molar refractivity (Wildman–Crippen MR) is 149 cm³/mol. The fraction of sp³-hybridized carbons (Fsp3) is 0.192. The zero-order valence-electron chi connectivity index (χ0n) is 20.6. The van der Waals surface area contributed by atoms with E-state index in [4.69, 9.17) is 42.1 Å². The first-order valence-electron chi connectivity index (χ1n) is 11.0. The van der Waals surface area contributed by atoms with E-state index in [9.17, 15) is 9.59 Å². The summed E-state index contributed by atoms with van der Waals surface area (Å²) in [5.74, 6) is 0.845. The highest BCUT2D eigenvalue weighted by Crippen LogP contribution is 2.37. The molecular weight excluding hydrogens is 601 g/mol. The Labute approximate surface area is 238 Å². The van der Waals surface area contributed by atoms with Gasteiger partial charge in [-0.15, -0.1) is 0 Å². The van der Waals surface area contributed by atoms with Crippen molar-refractivity contribution >= 4 is 57.2 Å². The molecule has 2 N–H and O–H groups in total. The number of carbonyl (C=O) groups excluding carboxylic acids is 2. The number of carbonyl (C=O) groups is 2. The fourth-order valence-corrected chi connectivity index (χ4v) is 4.24. The molecule has 0 atom stereocenters. The van der Waals surface area contributed by atoms with Gasteiger partial charge in [0.15, 0.2) is 23.0 Å². The number of benzene rings is 3. The van der Waals surface area contributed by atoms with Crippen molar-refractivity contribution in [3.05, 3.63) is 79.7 Å². The maximum atomic E-state index is 12.4. The molecule has 200 valence electrons. The molecule has 2 amide bonds. The van der Waals surface area contributed by atoms with Gasteiger partial charge in [-0.1, -0.05) is 29.3 Å². The van der Waals surface area contributed by atoms with Crippen molar-refractivity contribution in [3.8, 4) is 23.0 Å². The molecule has 0 saturated heterocycles. The molecule has 0 radical (unpaired) electrons. The molecule has 0 heterocycles. The molecule has 0 spiro atoms. The lowest BCUT2D eigenvalue weighted by Gasteiger charge is -2.14. The minimum absolute atomic E-state index is 0.198. The normalized spacial score (nSPS) is 10.7. The van der Waals surface area contributed by atoms with Gasteiger partial charge in [0.1, 0.15) is 6.61 Å². The Bertz CT molecular complexity index is 1350. The van der Waals surface area contributed by atoms with E-state index >= 15 is 0 Å². The monoisotopic (exact) mass is 623 g/mol. The Morgan fingerprint density at radius 1 is 0.947 bits per heavy atom. The Morgan fingerprint density at radius 3 is 2.37 bits per heavy atom. The molecule has 12 heteroatoms. The second-order valence-electron chi connectivity index (χ2n) is 7.60. The smallest absolute Gasteiger partial charge is 0.259 e. The molecule has 3 rings (SSSR count). The van der Waals surface area contributed by atoms with Crippen LogP contribution in [-0.4, -0.2) is 45.9 Å². The summed E-state index contributed by atoms with van der Waals surface area (Å²) in [5, 5.41) is 7.49. The number of amides is 2. The first-order valence-corrected chi connectivity index (χ1v) is 12.6. The lowest BCUT2D eigenvalue weighted by Crippen LogP contribution is -2.34. The average Bonchev–Trinajstić information content (AvgIpc) is 2.91. The number of nitrogens with zero attached hydrogens (tertiary/aromatic N) is 1. The molecule has 9 nitrogen and oxygen atoms in total. The average molecular weight is 625 g/mol. The van der Waals surface area contributed by atoms with Crippen LogP contribution in [0.4, 0.5) is 0 Å². The molecule has 0 saturated carbocycles. The van der Waals surface area contributed by atoms with Gasteiger partial charge in [-0.25, -0.2) is 5.43 Å². The summed E-state index contributed by atoms with van der Waals surface area (Å²) >= 11 is 15.6. The van der Waals surface area contributed by atoms with Crippen LogP contribution in [0.15, 0.2) is 58.1 Å². The molecular formula is C26H24BrCl2N3O6. The zero-order chi connectivity index (χ0) is 27.7. The third-order valence-corrected chi connectivity index (χ3v) is 6.27. The first-order chi connectivity index (χ1) is 18.2. The van der Waals surface area contributed by atoms with Gasteiger partial charge in [0, 0.05) is 21.2 Å². The number of ether oxygens (including phenoxy) is 4. The molecule has 3 aromatic carbocycles. The number of halogens is 3. The summed E-state index contributed by atoms with van der Waals surface area (Å²) in [4.78, 5) is 24.5. The van der Waals surface area contributed by atoms with Gasteiger partial charge >= 0.3 is 0 Å². The molecule has 0 fully saturated rings. The zero-order valence-corrected chi connectivity index (χ0v) is 23.7. The lowest BCUT2D eigenvalue weighted by molar-refractivity contribution is -0.120. The van der Waals surface area contributed by atoms with E-state index in [1.165, 1.54) is 33.6 Å². The number of hydrogen-bond donors (Lipinski definition) is 2. The van der Waals surface area contributed by atoms with Gasteiger partial charge in [-0.2, -0.15) is 5.10 Å². The summed E-state index contributed by atoms with van der Waals surface area (Å²) in [7, 11) is 4.48. The SMILES string of the molecule is COc1ccc(C(=O)NCC(=O)NN=Cc2cc(Br)c(OCc3ccc(Cl)cc3Cl)c(OC)c2)cc1OC. The Kier molecular flexibility index (Phi) is 10.6. The maximum absolute atomic E-state index is 12.4. The number of hydrogen-bond acceptors (Lipinski definition) is 7. The van der Waals surface area contributed by atoms with Gasteiger partial charge in [0.05, 0.1) is 38.6 Å². The minimum atomic E-state index is -0.513. The number of methoxy groups -OCH3 is 3. The largest absolute Gasteiger partial charge is 0.493 e. The Morgan fingerprint density at radius 2 is 1.68 bits per heavy atom. The Balaban J connectivity index is 1.57. The fourth-order valence-electron chi connectivity index (χ4n) is 3.20. The highest BCUT2D eigenvalue weighted by molar-refractivity contribution is 9.10.